The number of carbonyl (C=O) groups excluding carboxylic acids is 1. The minimum Gasteiger partial charge on any atom is -0.481 e. The molecule has 4 nitrogen and oxygen atoms in total. The Morgan fingerprint density at radius 2 is 1.95 bits per heavy atom. The number of terminal acetylenes is 1. The van der Waals surface area contributed by atoms with Gasteiger partial charge in [0.25, 0.3) is 0 Å². The molecule has 0 aromatic rings. The van der Waals surface area contributed by atoms with Gasteiger partial charge in [0.15, 0.2) is 0 Å². The molecule has 0 aliphatic heterocycles. The summed E-state index contributed by atoms with van der Waals surface area (Å²) < 4.78 is 0. The van der Waals surface area contributed by atoms with E-state index in [2.05, 4.69) is 11.2 Å². The molecule has 1 amide bonds. The van der Waals surface area contributed by atoms with Crippen LogP contribution in [-0.2, 0) is 9.59 Å². The second kappa shape index (κ2) is 8.91. The number of hydrogen-bond donors (Lipinski definition) is 2. The lowest BCUT2D eigenvalue weighted by atomic mass is 9.69. The Hall–Kier alpha value is -1.15. The van der Waals surface area contributed by atoms with Crippen LogP contribution in [0.3, 0.4) is 0 Å². The highest BCUT2D eigenvalue weighted by Crippen LogP contribution is 2.42. The van der Waals surface area contributed by atoms with Crippen molar-refractivity contribution in [1.29, 1.82) is 0 Å². The maximum atomic E-state index is 12.0. The second-order valence-electron chi connectivity index (χ2n) is 5.41. The zero-order valence-electron chi connectivity index (χ0n) is 11.8. The lowest BCUT2D eigenvalue weighted by Crippen LogP contribution is -2.35. The molecule has 1 rings (SSSR count). The van der Waals surface area contributed by atoms with Crippen molar-refractivity contribution in [2.24, 2.45) is 5.41 Å². The Kier molecular flexibility index (Phi) is 7.53. The molecular weight excluding hydrogens is 274 g/mol. The molecule has 5 heteroatoms. The highest BCUT2D eigenvalue weighted by atomic mass is 32.2. The van der Waals surface area contributed by atoms with Gasteiger partial charge < -0.3 is 10.4 Å². The van der Waals surface area contributed by atoms with E-state index in [0.717, 1.165) is 37.9 Å². The van der Waals surface area contributed by atoms with E-state index in [1.807, 2.05) is 0 Å². The van der Waals surface area contributed by atoms with Gasteiger partial charge in [0.1, 0.15) is 0 Å². The van der Waals surface area contributed by atoms with Crippen molar-refractivity contribution in [2.75, 3.05) is 18.1 Å². The number of nitrogens with one attached hydrogen (secondary N) is 1. The normalized spacial score (nSPS) is 17.1. The van der Waals surface area contributed by atoms with Gasteiger partial charge in [-0.15, -0.1) is 18.2 Å². The third-order valence-corrected chi connectivity index (χ3v) is 4.59. The molecule has 1 saturated carbocycles. The van der Waals surface area contributed by atoms with Crippen molar-refractivity contribution in [2.45, 2.75) is 44.9 Å². The first-order valence-corrected chi connectivity index (χ1v) is 8.23. The van der Waals surface area contributed by atoms with E-state index in [1.165, 1.54) is 0 Å². The van der Waals surface area contributed by atoms with Crippen molar-refractivity contribution in [3.8, 4) is 12.3 Å². The Balaban J connectivity index is 2.38. The first-order valence-electron chi connectivity index (χ1n) is 7.08. The van der Waals surface area contributed by atoms with Crippen LogP contribution in [0.15, 0.2) is 0 Å². The Labute approximate surface area is 125 Å². The minimum absolute atomic E-state index is 0.0329. The molecule has 0 bridgehead atoms. The molecule has 0 unspecified atom stereocenters. The number of hydrogen-bond acceptors (Lipinski definition) is 3. The predicted molar refractivity (Wildman–Crippen MR) is 81.6 cm³/mol. The number of rotatable bonds is 8. The zero-order chi connectivity index (χ0) is 14.8. The van der Waals surface area contributed by atoms with Gasteiger partial charge in [-0.05, 0) is 18.3 Å². The number of carbonyl (C=O) groups is 2. The third-order valence-electron chi connectivity index (χ3n) is 3.73. The van der Waals surface area contributed by atoms with Crippen LogP contribution in [0.4, 0.5) is 0 Å². The van der Waals surface area contributed by atoms with E-state index in [4.69, 9.17) is 11.5 Å². The van der Waals surface area contributed by atoms with Crippen molar-refractivity contribution in [3.63, 3.8) is 0 Å². The molecule has 0 atom stereocenters. The van der Waals surface area contributed by atoms with Gasteiger partial charge in [0.05, 0.1) is 12.2 Å². The molecule has 0 spiro atoms. The second-order valence-corrected chi connectivity index (χ2v) is 6.52. The summed E-state index contributed by atoms with van der Waals surface area (Å²) >= 11 is 1.61. The third kappa shape index (κ3) is 6.33. The molecule has 0 radical (unpaired) electrons. The average Bonchev–Trinajstić information content (AvgIpc) is 2.38. The molecule has 20 heavy (non-hydrogen) atoms. The highest BCUT2D eigenvalue weighted by Gasteiger charge is 2.36. The van der Waals surface area contributed by atoms with Crippen LogP contribution in [0, 0.1) is 17.8 Å². The summed E-state index contributed by atoms with van der Waals surface area (Å²) in [4.78, 5) is 23.0. The van der Waals surface area contributed by atoms with Crippen LogP contribution in [0.2, 0.25) is 0 Å². The summed E-state index contributed by atoms with van der Waals surface area (Å²) in [5, 5.41) is 11.9. The summed E-state index contributed by atoms with van der Waals surface area (Å²) in [5.74, 6) is 3.14. The van der Waals surface area contributed by atoms with Crippen LogP contribution in [-0.4, -0.2) is 35.0 Å². The van der Waals surface area contributed by atoms with Crippen molar-refractivity contribution in [3.05, 3.63) is 0 Å². The van der Waals surface area contributed by atoms with Gasteiger partial charge in [-0.2, -0.15) is 0 Å². The molecule has 0 aromatic heterocycles. The predicted octanol–water partition coefficient (Wildman–Crippen LogP) is 2.28. The molecule has 2 N–H and O–H groups in total. The summed E-state index contributed by atoms with van der Waals surface area (Å²) in [6, 6.07) is 0. The van der Waals surface area contributed by atoms with Crippen LogP contribution in [0.25, 0.3) is 0 Å². The molecular formula is C15H23NO3S. The Morgan fingerprint density at radius 3 is 2.55 bits per heavy atom. The van der Waals surface area contributed by atoms with Gasteiger partial charge in [-0.1, -0.05) is 25.2 Å². The molecule has 0 aromatic carbocycles. The van der Waals surface area contributed by atoms with E-state index in [-0.39, 0.29) is 17.7 Å². The lowest BCUT2D eigenvalue weighted by Gasteiger charge is -2.35. The first kappa shape index (κ1) is 16.9. The Morgan fingerprint density at radius 1 is 1.25 bits per heavy atom. The molecule has 1 aliphatic carbocycles. The van der Waals surface area contributed by atoms with Crippen molar-refractivity contribution < 1.29 is 14.7 Å². The SMILES string of the molecule is C#CCSCCNC(=O)CC1(CC(=O)O)CCCCC1. The largest absolute Gasteiger partial charge is 0.481 e. The van der Waals surface area contributed by atoms with Gasteiger partial charge in [0.2, 0.25) is 5.91 Å². The number of amides is 1. The van der Waals surface area contributed by atoms with Crippen LogP contribution in [0.5, 0.6) is 0 Å². The number of thioether (sulfide) groups is 1. The van der Waals surface area contributed by atoms with Gasteiger partial charge in [0, 0.05) is 18.7 Å². The minimum atomic E-state index is -0.802. The lowest BCUT2D eigenvalue weighted by molar-refractivity contribution is -0.141. The van der Waals surface area contributed by atoms with Crippen LogP contribution >= 0.6 is 11.8 Å². The van der Waals surface area contributed by atoms with E-state index < -0.39 is 5.97 Å². The van der Waals surface area contributed by atoms with Gasteiger partial charge in [-0.25, -0.2) is 0 Å². The van der Waals surface area contributed by atoms with Gasteiger partial charge >= 0.3 is 5.97 Å². The fraction of sp³-hybridized carbons (Fsp3) is 0.733. The van der Waals surface area contributed by atoms with E-state index >= 15 is 0 Å². The van der Waals surface area contributed by atoms with Crippen molar-refractivity contribution >= 4 is 23.6 Å². The highest BCUT2D eigenvalue weighted by molar-refractivity contribution is 7.99. The monoisotopic (exact) mass is 297 g/mol. The molecule has 1 aliphatic rings. The summed E-state index contributed by atoms with van der Waals surface area (Å²) in [6.45, 7) is 0.592. The summed E-state index contributed by atoms with van der Waals surface area (Å²) in [6.07, 6.45) is 10.5. The number of aliphatic carboxylic acids is 1. The van der Waals surface area contributed by atoms with Crippen molar-refractivity contribution in [1.82, 2.24) is 5.32 Å². The zero-order valence-corrected chi connectivity index (χ0v) is 12.6. The van der Waals surface area contributed by atoms with Crippen LogP contribution in [0.1, 0.15) is 44.9 Å². The topological polar surface area (TPSA) is 66.4 Å². The summed E-state index contributed by atoms with van der Waals surface area (Å²) in [7, 11) is 0. The molecule has 0 saturated heterocycles. The number of carboxylic acid groups (broad SMARTS) is 1. The molecule has 1 fully saturated rings. The smallest absolute Gasteiger partial charge is 0.303 e. The fourth-order valence-electron chi connectivity index (χ4n) is 2.84. The maximum absolute atomic E-state index is 12.0. The van der Waals surface area contributed by atoms with E-state index in [0.29, 0.717) is 18.7 Å². The maximum Gasteiger partial charge on any atom is 0.303 e. The number of carboxylic acids is 1. The fourth-order valence-corrected chi connectivity index (χ4v) is 3.34. The summed E-state index contributed by atoms with van der Waals surface area (Å²) in [5.41, 5.74) is -0.333. The standard InChI is InChI=1S/C15H23NO3S/c1-2-9-20-10-8-16-13(17)11-15(12-14(18)19)6-4-3-5-7-15/h1H,3-12H2,(H,16,17)(H,18,19). The first-order chi connectivity index (χ1) is 9.58. The molecule has 0 heterocycles. The molecule has 112 valence electrons. The van der Waals surface area contributed by atoms with E-state index in [9.17, 15) is 9.59 Å². The van der Waals surface area contributed by atoms with Gasteiger partial charge in [-0.3, -0.25) is 9.59 Å². The van der Waals surface area contributed by atoms with E-state index in [1.54, 1.807) is 11.8 Å². The Bertz CT molecular complexity index is 370. The van der Waals surface area contributed by atoms with Crippen LogP contribution < -0.4 is 5.32 Å². The quantitative estimate of drug-likeness (QED) is 0.533. The average molecular weight is 297 g/mol.